The Balaban J connectivity index is 1.63. The Bertz CT molecular complexity index is 435. The average molecular weight is 320 g/mol. The molecule has 130 valence electrons. The largest absolute Gasteiger partial charge is 0.388 e. The summed E-state index contributed by atoms with van der Waals surface area (Å²) < 4.78 is 11.6. The molecule has 1 aliphatic rings. The minimum Gasteiger partial charge on any atom is -0.388 e. The zero-order chi connectivity index (χ0) is 16.7. The fourth-order valence-corrected chi connectivity index (χ4v) is 3.29. The molecule has 1 aromatic carbocycles. The van der Waals surface area contributed by atoms with Crippen LogP contribution in [0, 0.1) is 11.8 Å². The highest BCUT2D eigenvalue weighted by atomic mass is 16.5. The highest BCUT2D eigenvalue weighted by Crippen LogP contribution is 2.37. The van der Waals surface area contributed by atoms with Crippen molar-refractivity contribution < 1.29 is 14.6 Å². The Kier molecular flexibility index (Phi) is 7.07. The van der Waals surface area contributed by atoms with Crippen LogP contribution in [0.25, 0.3) is 0 Å². The topological polar surface area (TPSA) is 38.7 Å². The molecule has 0 amide bonds. The lowest BCUT2D eigenvalue weighted by atomic mass is 9.75. The van der Waals surface area contributed by atoms with Gasteiger partial charge in [-0.2, -0.15) is 0 Å². The van der Waals surface area contributed by atoms with Crippen molar-refractivity contribution in [2.24, 2.45) is 11.8 Å². The van der Waals surface area contributed by atoms with Crippen LogP contribution in [0.15, 0.2) is 30.3 Å². The monoisotopic (exact) mass is 320 g/mol. The van der Waals surface area contributed by atoms with Gasteiger partial charge in [-0.1, -0.05) is 44.2 Å². The van der Waals surface area contributed by atoms with E-state index in [1.807, 2.05) is 30.3 Å². The lowest BCUT2D eigenvalue weighted by Gasteiger charge is -2.39. The molecule has 1 saturated carbocycles. The van der Waals surface area contributed by atoms with E-state index in [1.165, 1.54) is 12.8 Å². The van der Waals surface area contributed by atoms with Gasteiger partial charge >= 0.3 is 0 Å². The Hall–Kier alpha value is -0.900. The summed E-state index contributed by atoms with van der Waals surface area (Å²) in [5.41, 5.74) is 1.05. The van der Waals surface area contributed by atoms with Crippen LogP contribution in [0.1, 0.15) is 52.0 Å². The minimum absolute atomic E-state index is 0.0776. The van der Waals surface area contributed by atoms with Crippen LogP contribution in [0.3, 0.4) is 0 Å². The van der Waals surface area contributed by atoms with E-state index in [9.17, 15) is 5.11 Å². The van der Waals surface area contributed by atoms with E-state index in [0.29, 0.717) is 19.8 Å². The molecule has 0 aromatic heterocycles. The predicted molar refractivity (Wildman–Crippen MR) is 93.3 cm³/mol. The second-order valence-corrected chi connectivity index (χ2v) is 7.50. The first-order chi connectivity index (χ1) is 11.0. The molecule has 0 saturated heterocycles. The summed E-state index contributed by atoms with van der Waals surface area (Å²) in [7, 11) is 0. The molecule has 3 heteroatoms. The molecule has 0 heterocycles. The maximum absolute atomic E-state index is 10.1. The second-order valence-electron chi connectivity index (χ2n) is 7.50. The molecule has 0 aliphatic heterocycles. The molecular formula is C20H32O3. The molecule has 2 rings (SSSR count). The van der Waals surface area contributed by atoms with Gasteiger partial charge in [0.25, 0.3) is 0 Å². The molecule has 1 fully saturated rings. The first kappa shape index (κ1) is 18.4. The quantitative estimate of drug-likeness (QED) is 0.781. The number of aliphatic hydroxyl groups is 1. The van der Waals surface area contributed by atoms with Gasteiger partial charge in [0.2, 0.25) is 0 Å². The lowest BCUT2D eigenvalue weighted by Crippen LogP contribution is -2.38. The van der Waals surface area contributed by atoms with E-state index in [4.69, 9.17) is 9.47 Å². The van der Waals surface area contributed by atoms with Crippen LogP contribution in [0.5, 0.6) is 0 Å². The number of hydrogen-bond acceptors (Lipinski definition) is 3. The zero-order valence-corrected chi connectivity index (χ0v) is 14.8. The van der Waals surface area contributed by atoms with Crippen molar-refractivity contribution in [2.75, 3.05) is 13.2 Å². The van der Waals surface area contributed by atoms with E-state index in [2.05, 4.69) is 20.8 Å². The van der Waals surface area contributed by atoms with Crippen LogP contribution in [-0.4, -0.2) is 30.0 Å². The van der Waals surface area contributed by atoms with Crippen molar-refractivity contribution in [3.8, 4) is 0 Å². The van der Waals surface area contributed by atoms with E-state index in [-0.39, 0.29) is 5.60 Å². The highest BCUT2D eigenvalue weighted by Gasteiger charge is 2.33. The summed E-state index contributed by atoms with van der Waals surface area (Å²) in [6, 6.07) is 10.0. The summed E-state index contributed by atoms with van der Waals surface area (Å²) in [4.78, 5) is 0. The van der Waals surface area contributed by atoms with Gasteiger partial charge in [-0.25, -0.2) is 0 Å². The van der Waals surface area contributed by atoms with Crippen LogP contribution >= 0.6 is 0 Å². The average Bonchev–Trinajstić information content (AvgIpc) is 2.54. The van der Waals surface area contributed by atoms with Crippen LogP contribution in [0.4, 0.5) is 0 Å². The molecule has 1 aliphatic carbocycles. The maximum atomic E-state index is 10.1. The summed E-state index contributed by atoms with van der Waals surface area (Å²) in [5, 5.41) is 10.1. The fraction of sp³-hybridized carbons (Fsp3) is 0.700. The minimum atomic E-state index is -0.557. The van der Waals surface area contributed by atoms with Crippen molar-refractivity contribution in [1.82, 2.24) is 0 Å². The lowest BCUT2D eigenvalue weighted by molar-refractivity contribution is -0.109. The van der Waals surface area contributed by atoms with Crippen molar-refractivity contribution >= 4 is 0 Å². The van der Waals surface area contributed by atoms with Gasteiger partial charge in [0.15, 0.2) is 0 Å². The predicted octanol–water partition coefficient (Wildman–Crippen LogP) is 4.19. The SMILES string of the molecule is CC(C)C1CCC(C)(OCC(O)COCc2ccccc2)CC1. The summed E-state index contributed by atoms with van der Waals surface area (Å²) in [6.07, 6.45) is 4.09. The number of rotatable bonds is 8. The van der Waals surface area contributed by atoms with E-state index in [0.717, 1.165) is 30.2 Å². The molecule has 23 heavy (non-hydrogen) atoms. The Morgan fingerprint density at radius 1 is 1.13 bits per heavy atom. The van der Waals surface area contributed by atoms with Gasteiger partial charge in [-0.05, 0) is 50.0 Å². The van der Waals surface area contributed by atoms with Gasteiger partial charge in [0, 0.05) is 0 Å². The first-order valence-electron chi connectivity index (χ1n) is 8.92. The van der Waals surface area contributed by atoms with E-state index in [1.54, 1.807) is 0 Å². The van der Waals surface area contributed by atoms with E-state index >= 15 is 0 Å². The highest BCUT2D eigenvalue weighted by molar-refractivity contribution is 5.13. The molecule has 3 nitrogen and oxygen atoms in total. The van der Waals surface area contributed by atoms with Gasteiger partial charge in [-0.3, -0.25) is 0 Å². The Morgan fingerprint density at radius 2 is 1.78 bits per heavy atom. The van der Waals surface area contributed by atoms with Gasteiger partial charge < -0.3 is 14.6 Å². The van der Waals surface area contributed by atoms with Crippen molar-refractivity contribution in [2.45, 2.75) is 64.8 Å². The molecular weight excluding hydrogens is 288 g/mol. The molecule has 1 atom stereocenters. The number of ether oxygens (including phenoxy) is 2. The molecule has 0 radical (unpaired) electrons. The third kappa shape index (κ3) is 6.25. The van der Waals surface area contributed by atoms with Crippen molar-refractivity contribution in [3.05, 3.63) is 35.9 Å². The number of hydrogen-bond donors (Lipinski definition) is 1. The van der Waals surface area contributed by atoms with Crippen LogP contribution in [-0.2, 0) is 16.1 Å². The smallest absolute Gasteiger partial charge is 0.101 e. The van der Waals surface area contributed by atoms with Gasteiger partial charge in [-0.15, -0.1) is 0 Å². The standard InChI is InChI=1S/C20H32O3/c1-16(2)18-9-11-20(3,12-10-18)23-15-19(21)14-22-13-17-7-5-4-6-8-17/h4-8,16,18-19,21H,9-15H2,1-3H3. The summed E-state index contributed by atoms with van der Waals surface area (Å²) >= 11 is 0. The third-order valence-corrected chi connectivity index (χ3v) is 5.08. The molecule has 1 aromatic rings. The van der Waals surface area contributed by atoms with Gasteiger partial charge in [0.05, 0.1) is 25.4 Å². The van der Waals surface area contributed by atoms with E-state index < -0.39 is 6.10 Å². The van der Waals surface area contributed by atoms with Crippen molar-refractivity contribution in [3.63, 3.8) is 0 Å². The third-order valence-electron chi connectivity index (χ3n) is 5.08. The Labute approximate surface area is 141 Å². The van der Waals surface area contributed by atoms with Crippen LogP contribution < -0.4 is 0 Å². The molecule has 1 unspecified atom stereocenters. The zero-order valence-electron chi connectivity index (χ0n) is 14.8. The van der Waals surface area contributed by atoms with Gasteiger partial charge in [0.1, 0.15) is 6.10 Å². The molecule has 0 bridgehead atoms. The molecule has 0 spiro atoms. The second kappa shape index (κ2) is 8.81. The molecule has 1 N–H and O–H groups in total. The fourth-order valence-electron chi connectivity index (χ4n) is 3.29. The number of benzene rings is 1. The summed E-state index contributed by atoms with van der Waals surface area (Å²) in [5.74, 6) is 1.59. The van der Waals surface area contributed by atoms with Crippen LogP contribution in [0.2, 0.25) is 0 Å². The normalized spacial score (nSPS) is 26.4. The maximum Gasteiger partial charge on any atom is 0.101 e. The Morgan fingerprint density at radius 3 is 2.39 bits per heavy atom. The van der Waals surface area contributed by atoms with Crippen molar-refractivity contribution in [1.29, 1.82) is 0 Å². The number of aliphatic hydroxyl groups excluding tert-OH is 1. The first-order valence-corrected chi connectivity index (χ1v) is 8.92. The summed E-state index contributed by atoms with van der Waals surface area (Å²) in [6.45, 7) is 8.01.